The van der Waals surface area contributed by atoms with E-state index in [4.69, 9.17) is 14.2 Å². The molecule has 0 spiro atoms. The molecule has 0 aliphatic heterocycles. The van der Waals surface area contributed by atoms with E-state index in [9.17, 15) is 9.59 Å². The molecule has 0 unspecified atom stereocenters. The van der Waals surface area contributed by atoms with Crippen molar-refractivity contribution in [1.82, 2.24) is 4.98 Å². The molecule has 130 valence electrons. The normalized spacial score (nSPS) is 11.4. The van der Waals surface area contributed by atoms with E-state index in [-0.39, 0.29) is 4.88 Å². The molecule has 0 saturated carbocycles. The average Bonchev–Trinajstić information content (AvgIpc) is 2.83. The fourth-order valence-corrected chi connectivity index (χ4v) is 3.12. The van der Waals surface area contributed by atoms with Gasteiger partial charge in [0, 0.05) is 13.3 Å². The Labute approximate surface area is 143 Å². The summed E-state index contributed by atoms with van der Waals surface area (Å²) in [6.45, 7) is 5.68. The lowest BCUT2D eigenvalue weighted by Crippen LogP contribution is -2.27. The highest BCUT2D eigenvalue weighted by Gasteiger charge is 2.24. The number of aromatic nitrogens is 1. The van der Waals surface area contributed by atoms with Crippen LogP contribution in [0.2, 0.25) is 0 Å². The van der Waals surface area contributed by atoms with Gasteiger partial charge in [-0.05, 0) is 32.4 Å². The highest BCUT2D eigenvalue weighted by molar-refractivity contribution is 7.21. The van der Waals surface area contributed by atoms with Gasteiger partial charge in [-0.15, -0.1) is 11.3 Å². The SMILES string of the molecule is COCc1cnc2c(NC(=O)OC(C)(C)C)c(C(=O)OC)sc2c1. The van der Waals surface area contributed by atoms with Crippen molar-refractivity contribution < 1.29 is 23.8 Å². The molecule has 7 nitrogen and oxygen atoms in total. The number of carbonyl (C=O) groups excluding carboxylic acids is 2. The number of nitrogens with one attached hydrogen (secondary N) is 1. The Kier molecular flexibility index (Phi) is 5.40. The van der Waals surface area contributed by atoms with Gasteiger partial charge in [-0.2, -0.15) is 0 Å². The number of methoxy groups -OCH3 is 2. The number of pyridine rings is 1. The molecule has 0 aliphatic carbocycles. The number of thiophene rings is 1. The Morgan fingerprint density at radius 1 is 1.29 bits per heavy atom. The zero-order valence-corrected chi connectivity index (χ0v) is 15.1. The fraction of sp³-hybridized carbons (Fsp3) is 0.438. The lowest BCUT2D eigenvalue weighted by molar-refractivity contribution is 0.0607. The van der Waals surface area contributed by atoms with E-state index in [0.29, 0.717) is 17.8 Å². The third kappa shape index (κ3) is 4.21. The van der Waals surface area contributed by atoms with Crippen LogP contribution in [0.1, 0.15) is 36.0 Å². The first-order valence-electron chi connectivity index (χ1n) is 7.24. The van der Waals surface area contributed by atoms with Gasteiger partial charge in [-0.1, -0.05) is 0 Å². The Hall–Kier alpha value is -2.19. The average molecular weight is 352 g/mol. The number of amides is 1. The number of fused-ring (bicyclic) bond motifs is 1. The molecular formula is C16H20N2O5S. The van der Waals surface area contributed by atoms with Gasteiger partial charge in [0.05, 0.1) is 24.1 Å². The van der Waals surface area contributed by atoms with Crippen molar-refractivity contribution in [1.29, 1.82) is 0 Å². The number of esters is 1. The molecule has 0 radical (unpaired) electrons. The molecule has 2 aromatic heterocycles. The van der Waals surface area contributed by atoms with Gasteiger partial charge in [-0.25, -0.2) is 9.59 Å². The van der Waals surface area contributed by atoms with Crippen molar-refractivity contribution in [3.8, 4) is 0 Å². The number of ether oxygens (including phenoxy) is 3. The minimum Gasteiger partial charge on any atom is -0.465 e. The third-order valence-electron chi connectivity index (χ3n) is 2.89. The summed E-state index contributed by atoms with van der Waals surface area (Å²) in [4.78, 5) is 28.7. The summed E-state index contributed by atoms with van der Waals surface area (Å²) in [6, 6.07) is 1.86. The molecule has 8 heteroatoms. The van der Waals surface area contributed by atoms with Gasteiger partial charge in [0.1, 0.15) is 16.0 Å². The molecule has 1 N–H and O–H groups in total. The van der Waals surface area contributed by atoms with Gasteiger partial charge in [0.15, 0.2) is 0 Å². The van der Waals surface area contributed by atoms with E-state index in [1.807, 2.05) is 6.07 Å². The third-order valence-corrected chi connectivity index (χ3v) is 4.00. The van der Waals surface area contributed by atoms with Crippen molar-refractivity contribution in [2.45, 2.75) is 33.0 Å². The smallest absolute Gasteiger partial charge is 0.412 e. The van der Waals surface area contributed by atoms with E-state index >= 15 is 0 Å². The van der Waals surface area contributed by atoms with Gasteiger partial charge in [0.25, 0.3) is 0 Å². The zero-order valence-electron chi connectivity index (χ0n) is 14.3. The highest BCUT2D eigenvalue weighted by atomic mass is 32.1. The van der Waals surface area contributed by atoms with Crippen LogP contribution in [0.5, 0.6) is 0 Å². The first kappa shape index (κ1) is 18.2. The van der Waals surface area contributed by atoms with E-state index in [2.05, 4.69) is 10.3 Å². The standard InChI is InChI=1S/C16H20N2O5S/c1-16(2,3)23-15(20)18-12-11-10(24-13(12)14(19)22-5)6-9(7-17-11)8-21-4/h6-7H,8H2,1-5H3,(H,18,20). The lowest BCUT2D eigenvalue weighted by Gasteiger charge is -2.19. The molecule has 1 amide bonds. The van der Waals surface area contributed by atoms with Crippen molar-refractivity contribution >= 4 is 39.3 Å². The summed E-state index contributed by atoms with van der Waals surface area (Å²) >= 11 is 1.19. The number of hydrogen-bond acceptors (Lipinski definition) is 7. The molecular weight excluding hydrogens is 332 g/mol. The predicted molar refractivity (Wildman–Crippen MR) is 91.5 cm³/mol. The Balaban J connectivity index is 2.44. The maximum absolute atomic E-state index is 12.1. The molecule has 2 rings (SSSR count). The van der Waals surface area contributed by atoms with Crippen molar-refractivity contribution in [3.05, 3.63) is 22.7 Å². The molecule has 24 heavy (non-hydrogen) atoms. The van der Waals surface area contributed by atoms with Crippen LogP contribution in [0.25, 0.3) is 10.2 Å². The van der Waals surface area contributed by atoms with Crippen molar-refractivity contribution in [2.24, 2.45) is 0 Å². The molecule has 0 aliphatic rings. The Morgan fingerprint density at radius 3 is 2.58 bits per heavy atom. The maximum Gasteiger partial charge on any atom is 0.412 e. The van der Waals surface area contributed by atoms with Gasteiger partial charge in [0.2, 0.25) is 0 Å². The topological polar surface area (TPSA) is 86.8 Å². The maximum atomic E-state index is 12.1. The van der Waals surface area contributed by atoms with Crippen LogP contribution >= 0.6 is 11.3 Å². The molecule has 0 fully saturated rings. The van der Waals surface area contributed by atoms with Gasteiger partial charge >= 0.3 is 12.1 Å². The Bertz CT molecular complexity index is 764. The summed E-state index contributed by atoms with van der Waals surface area (Å²) in [5.74, 6) is -0.544. The molecule has 0 atom stereocenters. The van der Waals surface area contributed by atoms with Crippen molar-refractivity contribution in [3.63, 3.8) is 0 Å². The highest BCUT2D eigenvalue weighted by Crippen LogP contribution is 2.35. The predicted octanol–water partition coefficient (Wildman–Crippen LogP) is 3.58. The summed E-state index contributed by atoms with van der Waals surface area (Å²) in [5, 5.41) is 2.61. The van der Waals surface area contributed by atoms with Gasteiger partial charge in [-0.3, -0.25) is 10.3 Å². The lowest BCUT2D eigenvalue weighted by atomic mass is 10.2. The van der Waals surface area contributed by atoms with Crippen LogP contribution < -0.4 is 5.32 Å². The number of rotatable bonds is 4. The molecule has 2 heterocycles. The van der Waals surface area contributed by atoms with Crippen molar-refractivity contribution in [2.75, 3.05) is 19.5 Å². The number of nitrogens with zero attached hydrogens (tertiary/aromatic N) is 1. The second-order valence-corrected chi connectivity index (χ2v) is 7.10. The number of hydrogen-bond donors (Lipinski definition) is 1. The monoisotopic (exact) mass is 352 g/mol. The van der Waals surface area contributed by atoms with Crippen LogP contribution in [-0.2, 0) is 20.8 Å². The van der Waals surface area contributed by atoms with E-state index in [1.54, 1.807) is 34.1 Å². The summed E-state index contributed by atoms with van der Waals surface area (Å²) in [5.41, 5.74) is 1.01. The molecule has 0 bridgehead atoms. The zero-order chi connectivity index (χ0) is 17.9. The minimum absolute atomic E-state index is 0.264. The van der Waals surface area contributed by atoms with Crippen LogP contribution in [0.3, 0.4) is 0 Å². The summed E-state index contributed by atoms with van der Waals surface area (Å²) in [6.07, 6.45) is 0.981. The summed E-state index contributed by atoms with van der Waals surface area (Å²) in [7, 11) is 2.88. The quantitative estimate of drug-likeness (QED) is 0.847. The van der Waals surface area contributed by atoms with Gasteiger partial charge < -0.3 is 14.2 Å². The van der Waals surface area contributed by atoms with Crippen LogP contribution in [0, 0.1) is 0 Å². The number of anilines is 1. The first-order valence-corrected chi connectivity index (χ1v) is 8.05. The minimum atomic E-state index is -0.657. The number of carbonyl (C=O) groups is 2. The first-order chi connectivity index (χ1) is 11.2. The van der Waals surface area contributed by atoms with E-state index < -0.39 is 17.7 Å². The molecule has 0 saturated heterocycles. The van der Waals surface area contributed by atoms with Crippen LogP contribution in [0.15, 0.2) is 12.3 Å². The second kappa shape index (κ2) is 7.14. The van der Waals surface area contributed by atoms with E-state index in [0.717, 1.165) is 10.3 Å². The summed E-state index contributed by atoms with van der Waals surface area (Å²) < 4.78 is 15.9. The molecule has 2 aromatic rings. The van der Waals surface area contributed by atoms with Crippen LogP contribution in [0.4, 0.5) is 10.5 Å². The largest absolute Gasteiger partial charge is 0.465 e. The van der Waals surface area contributed by atoms with Crippen LogP contribution in [-0.4, -0.2) is 36.9 Å². The fourth-order valence-electron chi connectivity index (χ4n) is 2.02. The Morgan fingerprint density at radius 2 is 2.00 bits per heavy atom. The molecule has 0 aromatic carbocycles. The van der Waals surface area contributed by atoms with E-state index in [1.165, 1.54) is 18.4 Å². The second-order valence-electron chi connectivity index (χ2n) is 6.05.